The zero-order valence-corrected chi connectivity index (χ0v) is 22.8. The van der Waals surface area contributed by atoms with Gasteiger partial charge in [-0.1, -0.05) is 69.3 Å². The molecule has 0 radical (unpaired) electrons. The van der Waals surface area contributed by atoms with Gasteiger partial charge in [0, 0.05) is 0 Å². The predicted octanol–water partition coefficient (Wildman–Crippen LogP) is 4.03. The molecule has 2 aromatic carbocycles. The number of esters is 1. The molecule has 0 bridgehead atoms. The molecule has 2 aromatic rings. The van der Waals surface area contributed by atoms with Crippen molar-refractivity contribution in [3.05, 3.63) is 71.8 Å². The Morgan fingerprint density at radius 1 is 0.919 bits per heavy atom. The Balaban J connectivity index is 1.74. The zero-order valence-electron chi connectivity index (χ0n) is 21.8. The number of carbonyl (C=O) groups excluding carboxylic acids is 2. The molecule has 1 saturated heterocycles. The molecule has 1 aliphatic heterocycles. The monoisotopic (exact) mass is 532 g/mol. The summed E-state index contributed by atoms with van der Waals surface area (Å²) in [5, 5.41) is 21.4. The van der Waals surface area contributed by atoms with Crippen LogP contribution in [-0.4, -0.2) is 68.0 Å². The van der Waals surface area contributed by atoms with E-state index in [9.17, 15) is 19.8 Å². The molecule has 5 atom stereocenters. The van der Waals surface area contributed by atoms with Gasteiger partial charge in [0.1, 0.15) is 24.9 Å². The maximum Gasteiger partial charge on any atom is 0.509 e. The normalized spacial score (nSPS) is 24.2. The summed E-state index contributed by atoms with van der Waals surface area (Å²) in [7, 11) is -2.27. The molecule has 0 spiro atoms. The minimum atomic E-state index is -2.27. The topological polar surface area (TPSA) is 121 Å². The van der Waals surface area contributed by atoms with Gasteiger partial charge in [-0.3, -0.25) is 0 Å². The summed E-state index contributed by atoms with van der Waals surface area (Å²) in [5.74, 6) is -0.734. The first-order valence-electron chi connectivity index (χ1n) is 12.2. The van der Waals surface area contributed by atoms with E-state index in [4.69, 9.17) is 23.4 Å². The van der Waals surface area contributed by atoms with Crippen LogP contribution in [0.2, 0.25) is 18.1 Å². The van der Waals surface area contributed by atoms with E-state index in [0.29, 0.717) is 0 Å². The van der Waals surface area contributed by atoms with Crippen LogP contribution in [0.5, 0.6) is 0 Å². The molecule has 0 aromatic heterocycles. The van der Waals surface area contributed by atoms with Crippen LogP contribution in [0.25, 0.3) is 0 Å². The maximum absolute atomic E-state index is 12.6. The van der Waals surface area contributed by atoms with Gasteiger partial charge in [0.15, 0.2) is 14.4 Å². The number of benzene rings is 2. The van der Waals surface area contributed by atoms with E-state index in [-0.39, 0.29) is 23.8 Å². The minimum Gasteiger partial charge on any atom is -0.429 e. The predicted molar refractivity (Wildman–Crippen MR) is 137 cm³/mol. The van der Waals surface area contributed by atoms with Gasteiger partial charge in [0.05, 0.1) is 12.2 Å². The second-order valence-electron chi connectivity index (χ2n) is 10.5. The average molecular weight is 533 g/mol. The van der Waals surface area contributed by atoms with Gasteiger partial charge in [-0.25, -0.2) is 9.59 Å². The Hall–Kier alpha value is -2.76. The van der Waals surface area contributed by atoms with Crippen LogP contribution >= 0.6 is 0 Å². The van der Waals surface area contributed by atoms with Crippen molar-refractivity contribution in [2.24, 2.45) is 0 Å². The van der Waals surface area contributed by atoms with Gasteiger partial charge in [-0.15, -0.1) is 0 Å². The van der Waals surface area contributed by atoms with Crippen molar-refractivity contribution in [3.8, 4) is 0 Å². The Morgan fingerprint density at radius 3 is 2.11 bits per heavy atom. The van der Waals surface area contributed by atoms with Crippen LogP contribution in [-0.2, 0) is 30.0 Å². The summed E-state index contributed by atoms with van der Waals surface area (Å²) in [6.07, 6.45) is -8.21. The lowest BCUT2D eigenvalue weighted by Crippen LogP contribution is -2.61. The molecule has 0 aliphatic carbocycles. The fraction of sp³-hybridized carbons (Fsp3) is 0.481. The lowest BCUT2D eigenvalue weighted by atomic mass is 9.99. The van der Waals surface area contributed by atoms with E-state index in [1.807, 2.05) is 31.3 Å². The molecule has 0 saturated carbocycles. The molecule has 10 heteroatoms. The van der Waals surface area contributed by atoms with Crippen molar-refractivity contribution < 1.29 is 43.2 Å². The van der Waals surface area contributed by atoms with E-state index < -0.39 is 51.1 Å². The minimum absolute atomic E-state index is 0.0334. The van der Waals surface area contributed by atoms with Gasteiger partial charge in [0.2, 0.25) is 6.29 Å². The second kappa shape index (κ2) is 12.2. The second-order valence-corrected chi connectivity index (χ2v) is 15.3. The Bertz CT molecular complexity index is 1020. The molecule has 1 aliphatic rings. The number of hydrogen-bond acceptors (Lipinski definition) is 9. The van der Waals surface area contributed by atoms with Crippen molar-refractivity contribution in [1.82, 2.24) is 0 Å². The van der Waals surface area contributed by atoms with Gasteiger partial charge >= 0.3 is 12.1 Å². The molecular formula is C27H36O9Si. The van der Waals surface area contributed by atoms with Crippen LogP contribution < -0.4 is 0 Å². The molecule has 2 N–H and O–H groups in total. The highest BCUT2D eigenvalue weighted by molar-refractivity contribution is 6.74. The van der Waals surface area contributed by atoms with Crippen molar-refractivity contribution >= 4 is 20.4 Å². The molecule has 3 rings (SSSR count). The quantitative estimate of drug-likeness (QED) is 0.383. The zero-order chi connectivity index (χ0) is 27.2. The third-order valence-corrected chi connectivity index (χ3v) is 11.2. The molecular weight excluding hydrogens is 496 g/mol. The average Bonchev–Trinajstić information content (AvgIpc) is 2.86. The first kappa shape index (κ1) is 28.8. The summed E-state index contributed by atoms with van der Waals surface area (Å²) >= 11 is 0. The molecule has 9 nitrogen and oxygen atoms in total. The molecule has 1 heterocycles. The Labute approximate surface area is 218 Å². The van der Waals surface area contributed by atoms with E-state index in [2.05, 4.69) is 20.8 Å². The smallest absolute Gasteiger partial charge is 0.429 e. The van der Waals surface area contributed by atoms with Crippen molar-refractivity contribution in [2.75, 3.05) is 6.61 Å². The number of aliphatic hydroxyl groups excluding tert-OH is 2. The molecule has 202 valence electrons. The van der Waals surface area contributed by atoms with Crippen LogP contribution in [0.4, 0.5) is 4.79 Å². The van der Waals surface area contributed by atoms with E-state index in [1.54, 1.807) is 42.5 Å². The van der Waals surface area contributed by atoms with Gasteiger partial charge in [0.25, 0.3) is 0 Å². The van der Waals surface area contributed by atoms with Crippen molar-refractivity contribution in [2.45, 2.75) is 76.2 Å². The van der Waals surface area contributed by atoms with Gasteiger partial charge < -0.3 is 33.6 Å². The number of aliphatic hydroxyl groups is 2. The third kappa shape index (κ3) is 7.62. The summed E-state index contributed by atoms with van der Waals surface area (Å²) in [4.78, 5) is 25.1. The number of ether oxygens (including phenoxy) is 4. The first-order valence-corrected chi connectivity index (χ1v) is 15.1. The maximum atomic E-state index is 12.6. The first-order chi connectivity index (χ1) is 17.4. The fourth-order valence-electron chi connectivity index (χ4n) is 3.40. The SMILES string of the molecule is CC(C)(C)[Si](C)(C)OC[C@H]1O[C@H](OC(=O)c2ccccc2)[C@@H](O)[C@@H](O)[C@@H]1OC(=O)OCc1ccccc1. The van der Waals surface area contributed by atoms with E-state index >= 15 is 0 Å². The molecule has 37 heavy (non-hydrogen) atoms. The number of hydrogen-bond donors (Lipinski definition) is 2. The highest BCUT2D eigenvalue weighted by atomic mass is 28.4. The summed E-state index contributed by atoms with van der Waals surface area (Å²) in [5.41, 5.74) is 1.01. The lowest BCUT2D eigenvalue weighted by molar-refractivity contribution is -0.285. The standard InChI is InChI=1S/C27H36O9Si/c1-27(2,3)37(4,5)33-17-20-23(35-26(31)32-16-18-12-8-6-9-13-18)21(28)22(29)25(34-20)36-24(30)19-14-10-7-11-15-19/h6-15,20-23,25,28-29H,16-17H2,1-5H3/t20-,21-,22+,23-,25-/m1/s1. The number of carbonyl (C=O) groups is 2. The fourth-order valence-corrected chi connectivity index (χ4v) is 4.41. The number of rotatable bonds is 8. The molecule has 0 amide bonds. The highest BCUT2D eigenvalue weighted by Crippen LogP contribution is 2.37. The lowest BCUT2D eigenvalue weighted by Gasteiger charge is -2.43. The van der Waals surface area contributed by atoms with Crippen LogP contribution in [0.15, 0.2) is 60.7 Å². The van der Waals surface area contributed by atoms with Crippen molar-refractivity contribution in [1.29, 1.82) is 0 Å². The Kier molecular flexibility index (Phi) is 9.49. The van der Waals surface area contributed by atoms with Gasteiger partial charge in [-0.05, 0) is 35.8 Å². The van der Waals surface area contributed by atoms with E-state index in [1.165, 1.54) is 0 Å². The largest absolute Gasteiger partial charge is 0.509 e. The highest BCUT2D eigenvalue weighted by Gasteiger charge is 2.50. The molecule has 1 fully saturated rings. The van der Waals surface area contributed by atoms with Crippen LogP contribution in [0.1, 0.15) is 36.7 Å². The Morgan fingerprint density at radius 2 is 1.51 bits per heavy atom. The van der Waals surface area contributed by atoms with Gasteiger partial charge in [-0.2, -0.15) is 0 Å². The summed E-state index contributed by atoms with van der Waals surface area (Å²) < 4.78 is 28.0. The van der Waals surface area contributed by atoms with Crippen LogP contribution in [0.3, 0.4) is 0 Å². The summed E-state index contributed by atoms with van der Waals surface area (Å²) in [6.45, 7) is 10.2. The molecule has 0 unspecified atom stereocenters. The van der Waals surface area contributed by atoms with Crippen molar-refractivity contribution in [3.63, 3.8) is 0 Å². The van der Waals surface area contributed by atoms with E-state index in [0.717, 1.165) is 5.56 Å². The van der Waals surface area contributed by atoms with Crippen LogP contribution in [0, 0.1) is 0 Å². The third-order valence-electron chi connectivity index (χ3n) is 6.72. The summed E-state index contributed by atoms with van der Waals surface area (Å²) in [6, 6.07) is 17.2.